The van der Waals surface area contributed by atoms with Crippen molar-refractivity contribution in [2.75, 3.05) is 20.8 Å². The predicted octanol–water partition coefficient (Wildman–Crippen LogP) is 2.83. The smallest absolute Gasteiger partial charge is 0.280 e. The second-order valence-electron chi connectivity index (χ2n) is 4.45. The van der Waals surface area contributed by atoms with Crippen LogP contribution in [0.2, 0.25) is 0 Å². The number of thioether (sulfide) groups is 1. The van der Waals surface area contributed by atoms with Gasteiger partial charge in [0, 0.05) is 6.54 Å². The Labute approximate surface area is 142 Å². The average molecular weight is 354 g/mol. The summed E-state index contributed by atoms with van der Waals surface area (Å²) in [7, 11) is 2.83. The van der Waals surface area contributed by atoms with Gasteiger partial charge in [0.15, 0.2) is 11.5 Å². The summed E-state index contributed by atoms with van der Waals surface area (Å²) in [6.45, 7) is 2.27. The molecule has 1 amide bonds. The van der Waals surface area contributed by atoms with Crippen LogP contribution >= 0.6 is 24.0 Å². The molecule has 0 aromatic heterocycles. The number of carbonyl (C=O) groups excluding carboxylic acids is 1. The van der Waals surface area contributed by atoms with Crippen LogP contribution in [0.5, 0.6) is 11.5 Å². The fourth-order valence-corrected chi connectivity index (χ4v) is 3.45. The van der Waals surface area contributed by atoms with Gasteiger partial charge < -0.3 is 9.47 Å². The second kappa shape index (κ2) is 6.97. The molecule has 0 bridgehead atoms. The first-order valence-corrected chi connectivity index (χ1v) is 7.81. The number of likely N-dealkylation sites (N-methyl/N-ethyl adjacent to an activating group) is 1. The van der Waals surface area contributed by atoms with Crippen molar-refractivity contribution in [2.45, 2.75) is 6.92 Å². The minimum atomic E-state index is -0.533. The molecular weight excluding hydrogens is 340 g/mol. The molecule has 1 aromatic carbocycles. The highest BCUT2D eigenvalue weighted by molar-refractivity contribution is 8.26. The lowest BCUT2D eigenvalue weighted by Crippen LogP contribution is -2.27. The first-order chi connectivity index (χ1) is 10.9. The summed E-state index contributed by atoms with van der Waals surface area (Å²) in [5.74, 6) is 0.333. The maximum atomic E-state index is 12.2. The molecule has 1 aromatic rings. The summed E-state index contributed by atoms with van der Waals surface area (Å²) >= 11 is 6.25. The molecule has 7 nitrogen and oxygen atoms in total. The first kappa shape index (κ1) is 17.2. The zero-order valence-electron chi connectivity index (χ0n) is 12.7. The zero-order chi connectivity index (χ0) is 17.1. The van der Waals surface area contributed by atoms with Crippen LogP contribution in [0.3, 0.4) is 0 Å². The van der Waals surface area contributed by atoms with Crippen molar-refractivity contribution in [3.63, 3.8) is 0 Å². The van der Waals surface area contributed by atoms with E-state index in [0.29, 0.717) is 21.5 Å². The fraction of sp³-hybridized carbons (Fsp3) is 0.286. The van der Waals surface area contributed by atoms with Gasteiger partial charge in [0.25, 0.3) is 11.6 Å². The van der Waals surface area contributed by atoms with Crippen molar-refractivity contribution >= 4 is 46.0 Å². The van der Waals surface area contributed by atoms with Gasteiger partial charge in [-0.15, -0.1) is 0 Å². The van der Waals surface area contributed by atoms with Crippen LogP contribution in [0, 0.1) is 10.1 Å². The van der Waals surface area contributed by atoms with E-state index in [1.807, 2.05) is 6.92 Å². The first-order valence-electron chi connectivity index (χ1n) is 6.58. The van der Waals surface area contributed by atoms with E-state index in [0.717, 1.165) is 11.8 Å². The highest BCUT2D eigenvalue weighted by atomic mass is 32.2. The number of benzene rings is 1. The van der Waals surface area contributed by atoms with Gasteiger partial charge in [0.05, 0.1) is 35.7 Å². The topological polar surface area (TPSA) is 81.9 Å². The minimum Gasteiger partial charge on any atom is -0.493 e. The molecule has 1 aliphatic heterocycles. The van der Waals surface area contributed by atoms with Gasteiger partial charge in [-0.05, 0) is 19.1 Å². The number of hydrogen-bond donors (Lipinski definition) is 0. The Morgan fingerprint density at radius 1 is 1.35 bits per heavy atom. The molecule has 23 heavy (non-hydrogen) atoms. The molecule has 0 spiro atoms. The molecule has 2 rings (SSSR count). The third kappa shape index (κ3) is 3.30. The van der Waals surface area contributed by atoms with Gasteiger partial charge >= 0.3 is 0 Å². The van der Waals surface area contributed by atoms with E-state index in [2.05, 4.69) is 0 Å². The molecular formula is C14H14N2O5S2. The lowest BCUT2D eigenvalue weighted by atomic mass is 10.1. The third-order valence-electron chi connectivity index (χ3n) is 3.21. The summed E-state index contributed by atoms with van der Waals surface area (Å²) < 4.78 is 10.7. The number of carbonyl (C=O) groups is 1. The number of thiocarbonyl (C=S) groups is 1. The molecule has 0 radical (unpaired) electrons. The molecule has 0 unspecified atom stereocenters. The number of hydrogen-bond acceptors (Lipinski definition) is 7. The normalized spacial score (nSPS) is 16.1. The maximum Gasteiger partial charge on any atom is 0.280 e. The highest BCUT2D eigenvalue weighted by Gasteiger charge is 2.31. The largest absolute Gasteiger partial charge is 0.493 e. The monoisotopic (exact) mass is 354 g/mol. The molecule has 0 aliphatic carbocycles. The summed E-state index contributed by atoms with van der Waals surface area (Å²) in [5, 5.41) is 11.3. The number of rotatable bonds is 5. The zero-order valence-corrected chi connectivity index (χ0v) is 14.3. The number of amides is 1. The van der Waals surface area contributed by atoms with Gasteiger partial charge in [-0.2, -0.15) is 0 Å². The molecule has 122 valence electrons. The lowest BCUT2D eigenvalue weighted by Gasteiger charge is -2.10. The Morgan fingerprint density at radius 2 is 1.96 bits per heavy atom. The minimum absolute atomic E-state index is 0.176. The van der Waals surface area contributed by atoms with E-state index >= 15 is 0 Å². The Morgan fingerprint density at radius 3 is 2.43 bits per heavy atom. The van der Waals surface area contributed by atoms with Gasteiger partial charge in [0.1, 0.15) is 4.32 Å². The summed E-state index contributed by atoms with van der Waals surface area (Å²) in [4.78, 5) is 24.8. The molecule has 1 heterocycles. The molecule has 0 atom stereocenters. The van der Waals surface area contributed by atoms with Crippen LogP contribution in [-0.4, -0.2) is 40.8 Å². The number of ether oxygens (including phenoxy) is 2. The Kier molecular flexibility index (Phi) is 5.22. The van der Waals surface area contributed by atoms with Crippen molar-refractivity contribution in [3.05, 3.63) is 32.7 Å². The quantitative estimate of drug-likeness (QED) is 0.348. The van der Waals surface area contributed by atoms with Crippen LogP contribution in [0.25, 0.3) is 6.08 Å². The van der Waals surface area contributed by atoms with Crippen LogP contribution in [0.1, 0.15) is 12.5 Å². The molecule has 0 N–H and O–H groups in total. The fourth-order valence-electron chi connectivity index (χ4n) is 2.07. The van der Waals surface area contributed by atoms with E-state index in [9.17, 15) is 14.9 Å². The molecule has 1 aliphatic rings. The van der Waals surface area contributed by atoms with Gasteiger partial charge in [-0.25, -0.2) is 0 Å². The van der Waals surface area contributed by atoms with Crippen LogP contribution in [0.4, 0.5) is 5.69 Å². The summed E-state index contributed by atoms with van der Waals surface area (Å²) in [5.41, 5.74) is 0.0775. The number of nitro groups is 1. The highest BCUT2D eigenvalue weighted by Crippen LogP contribution is 2.38. The second-order valence-corrected chi connectivity index (χ2v) is 6.12. The summed E-state index contributed by atoms with van der Waals surface area (Å²) in [6.07, 6.45) is 1.45. The SMILES string of the molecule is CCN1C(=O)/C(=C\c2cc(OC)c(OC)cc2[N+](=O)[O-])SC1=S. The number of methoxy groups -OCH3 is 2. The van der Waals surface area contributed by atoms with E-state index in [1.165, 1.54) is 37.3 Å². The summed E-state index contributed by atoms with van der Waals surface area (Å²) in [6, 6.07) is 2.74. The standard InChI is InChI=1S/C14H14N2O5S2/c1-4-15-13(17)12(23-14(15)22)6-8-5-10(20-2)11(21-3)7-9(8)16(18)19/h5-7H,4H2,1-3H3/b12-6+. The van der Waals surface area contributed by atoms with Crippen LogP contribution in [-0.2, 0) is 4.79 Å². The molecule has 1 saturated heterocycles. The number of nitro benzene ring substituents is 1. The Hall–Kier alpha value is -2.13. The third-order valence-corrected chi connectivity index (χ3v) is 4.58. The number of nitrogens with zero attached hydrogens (tertiary/aromatic N) is 2. The Balaban J connectivity index is 2.55. The van der Waals surface area contributed by atoms with Crippen molar-refractivity contribution in [2.24, 2.45) is 0 Å². The molecule has 0 saturated carbocycles. The van der Waals surface area contributed by atoms with E-state index < -0.39 is 4.92 Å². The van der Waals surface area contributed by atoms with E-state index in [-0.39, 0.29) is 22.9 Å². The average Bonchev–Trinajstić information content (AvgIpc) is 2.79. The van der Waals surface area contributed by atoms with Crippen LogP contribution < -0.4 is 9.47 Å². The van der Waals surface area contributed by atoms with Gasteiger partial charge in [-0.1, -0.05) is 24.0 Å². The Bertz CT molecular complexity index is 717. The van der Waals surface area contributed by atoms with Crippen LogP contribution in [0.15, 0.2) is 17.0 Å². The maximum absolute atomic E-state index is 12.2. The van der Waals surface area contributed by atoms with Crippen molar-refractivity contribution < 1.29 is 19.2 Å². The van der Waals surface area contributed by atoms with Crippen molar-refractivity contribution in [1.82, 2.24) is 4.90 Å². The van der Waals surface area contributed by atoms with Gasteiger partial charge in [-0.3, -0.25) is 19.8 Å². The molecule has 1 fully saturated rings. The van der Waals surface area contributed by atoms with E-state index in [4.69, 9.17) is 21.7 Å². The van der Waals surface area contributed by atoms with Gasteiger partial charge in [0.2, 0.25) is 0 Å². The van der Waals surface area contributed by atoms with E-state index in [1.54, 1.807) is 0 Å². The molecule has 9 heteroatoms. The van der Waals surface area contributed by atoms with Crippen molar-refractivity contribution in [3.8, 4) is 11.5 Å². The lowest BCUT2D eigenvalue weighted by molar-refractivity contribution is -0.385. The predicted molar refractivity (Wildman–Crippen MR) is 91.8 cm³/mol. The van der Waals surface area contributed by atoms with Crippen molar-refractivity contribution in [1.29, 1.82) is 0 Å².